The van der Waals surface area contributed by atoms with Gasteiger partial charge in [0.2, 0.25) is 0 Å². The third-order valence-electron chi connectivity index (χ3n) is 4.40. The maximum Gasteiger partial charge on any atom is 0.0660 e. The van der Waals surface area contributed by atoms with Crippen LogP contribution >= 0.6 is 0 Å². The van der Waals surface area contributed by atoms with Crippen LogP contribution in [0.4, 0.5) is 0 Å². The second kappa shape index (κ2) is 6.42. The van der Waals surface area contributed by atoms with E-state index in [0.29, 0.717) is 6.04 Å². The molecule has 1 aliphatic carbocycles. The van der Waals surface area contributed by atoms with Crippen molar-refractivity contribution in [3.05, 3.63) is 0 Å². The Morgan fingerprint density at radius 3 is 2.65 bits per heavy atom. The predicted molar refractivity (Wildman–Crippen MR) is 72.8 cm³/mol. The van der Waals surface area contributed by atoms with E-state index in [0.717, 1.165) is 12.0 Å². The molecular weight excluding hydrogens is 208 g/mol. The molecule has 1 aliphatic heterocycles. The fourth-order valence-corrected chi connectivity index (χ4v) is 3.46. The molecule has 2 fully saturated rings. The second-order valence-corrected chi connectivity index (χ2v) is 5.67. The Morgan fingerprint density at radius 2 is 1.94 bits per heavy atom. The second-order valence-electron chi connectivity index (χ2n) is 5.67. The van der Waals surface area contributed by atoms with Gasteiger partial charge in [0.25, 0.3) is 0 Å². The molecule has 2 N–H and O–H groups in total. The number of hydrogen-bond acceptors (Lipinski definition) is 2. The number of piperidine rings is 1. The summed E-state index contributed by atoms with van der Waals surface area (Å²) in [6.45, 7) is 3.30. The first-order valence-corrected chi connectivity index (χ1v) is 7.27. The van der Waals surface area contributed by atoms with Gasteiger partial charge in [-0.15, -0.1) is 6.42 Å². The Morgan fingerprint density at radius 1 is 1.18 bits per heavy atom. The molecule has 0 bridgehead atoms. The van der Waals surface area contributed by atoms with Crippen molar-refractivity contribution < 1.29 is 0 Å². The van der Waals surface area contributed by atoms with Gasteiger partial charge in [0.05, 0.1) is 6.04 Å². The molecule has 2 rings (SSSR count). The maximum absolute atomic E-state index is 5.48. The average molecular weight is 234 g/mol. The van der Waals surface area contributed by atoms with E-state index in [2.05, 4.69) is 23.5 Å². The zero-order chi connectivity index (χ0) is 12.1. The van der Waals surface area contributed by atoms with Crippen LogP contribution < -0.4 is 10.6 Å². The SMILES string of the molecule is C#CC(C)NC1CCCCC1C1CCCCN1. The number of rotatable bonds is 3. The van der Waals surface area contributed by atoms with E-state index in [1.54, 1.807) is 0 Å². The molecule has 0 spiro atoms. The maximum atomic E-state index is 5.48. The summed E-state index contributed by atoms with van der Waals surface area (Å²) in [5.74, 6) is 3.60. The van der Waals surface area contributed by atoms with Crippen LogP contribution in [0.5, 0.6) is 0 Å². The molecule has 2 aliphatic rings. The Hall–Kier alpha value is -0.520. The van der Waals surface area contributed by atoms with Crippen molar-refractivity contribution >= 4 is 0 Å². The van der Waals surface area contributed by atoms with E-state index in [1.807, 2.05) is 0 Å². The van der Waals surface area contributed by atoms with Crippen LogP contribution in [0.15, 0.2) is 0 Å². The number of terminal acetylenes is 1. The highest BCUT2D eigenvalue weighted by Crippen LogP contribution is 2.30. The summed E-state index contributed by atoms with van der Waals surface area (Å²) in [5, 5.41) is 7.36. The monoisotopic (exact) mass is 234 g/mol. The quantitative estimate of drug-likeness (QED) is 0.732. The summed E-state index contributed by atoms with van der Waals surface area (Å²) < 4.78 is 0. The average Bonchev–Trinajstić information content (AvgIpc) is 2.40. The predicted octanol–water partition coefficient (Wildman–Crippen LogP) is 2.30. The lowest BCUT2D eigenvalue weighted by Gasteiger charge is -2.40. The van der Waals surface area contributed by atoms with Gasteiger partial charge in [0.15, 0.2) is 0 Å². The van der Waals surface area contributed by atoms with Crippen LogP contribution in [0.3, 0.4) is 0 Å². The standard InChI is InChI=1S/C15H26N2/c1-3-12(2)17-15-10-5-4-8-13(15)14-9-6-7-11-16-14/h1,12-17H,4-11H2,2H3. The third-order valence-corrected chi connectivity index (χ3v) is 4.40. The highest BCUT2D eigenvalue weighted by molar-refractivity contribution is 5.00. The van der Waals surface area contributed by atoms with Crippen LogP contribution in [0, 0.1) is 18.3 Å². The molecule has 0 amide bonds. The van der Waals surface area contributed by atoms with E-state index in [9.17, 15) is 0 Å². The Bertz CT molecular complexity index is 263. The Kier molecular flexibility index (Phi) is 4.88. The largest absolute Gasteiger partial charge is 0.314 e. The number of nitrogens with one attached hydrogen (secondary N) is 2. The van der Waals surface area contributed by atoms with Gasteiger partial charge in [0, 0.05) is 12.1 Å². The van der Waals surface area contributed by atoms with Crippen LogP contribution in [0.25, 0.3) is 0 Å². The highest BCUT2D eigenvalue weighted by atomic mass is 15.0. The fourth-order valence-electron chi connectivity index (χ4n) is 3.46. The molecule has 0 aromatic rings. The van der Waals surface area contributed by atoms with Gasteiger partial charge in [-0.1, -0.05) is 25.2 Å². The van der Waals surface area contributed by atoms with Crippen LogP contribution in [0.2, 0.25) is 0 Å². The summed E-state index contributed by atoms with van der Waals surface area (Å²) in [6.07, 6.45) is 15.0. The first kappa shape index (κ1) is 12.9. The normalized spacial score (nSPS) is 36.1. The first-order valence-electron chi connectivity index (χ1n) is 7.27. The van der Waals surface area contributed by atoms with Crippen LogP contribution in [-0.4, -0.2) is 24.7 Å². The van der Waals surface area contributed by atoms with Gasteiger partial charge < -0.3 is 10.6 Å². The molecule has 0 aromatic carbocycles. The minimum absolute atomic E-state index is 0.212. The summed E-state index contributed by atoms with van der Waals surface area (Å²) in [6, 6.07) is 1.57. The zero-order valence-electron chi connectivity index (χ0n) is 11.0. The van der Waals surface area contributed by atoms with E-state index in [1.165, 1.54) is 51.5 Å². The molecule has 1 heterocycles. The summed E-state index contributed by atoms with van der Waals surface area (Å²) in [4.78, 5) is 0. The molecule has 2 heteroatoms. The number of hydrogen-bond donors (Lipinski definition) is 2. The van der Waals surface area contributed by atoms with Gasteiger partial charge in [-0.25, -0.2) is 0 Å². The van der Waals surface area contributed by atoms with Gasteiger partial charge in [-0.2, -0.15) is 0 Å². The van der Waals surface area contributed by atoms with Gasteiger partial charge in [-0.3, -0.25) is 0 Å². The van der Waals surface area contributed by atoms with Crippen molar-refractivity contribution in [1.82, 2.24) is 10.6 Å². The van der Waals surface area contributed by atoms with Crippen LogP contribution in [0.1, 0.15) is 51.9 Å². The summed E-state index contributed by atoms with van der Waals surface area (Å²) in [5.41, 5.74) is 0. The van der Waals surface area contributed by atoms with Crippen molar-refractivity contribution in [2.75, 3.05) is 6.54 Å². The molecule has 17 heavy (non-hydrogen) atoms. The van der Waals surface area contributed by atoms with Gasteiger partial charge in [-0.05, 0) is 45.1 Å². The molecule has 1 saturated carbocycles. The molecule has 0 radical (unpaired) electrons. The minimum Gasteiger partial charge on any atom is -0.314 e. The van der Waals surface area contributed by atoms with E-state index >= 15 is 0 Å². The van der Waals surface area contributed by atoms with Crippen molar-refractivity contribution in [1.29, 1.82) is 0 Å². The van der Waals surface area contributed by atoms with Gasteiger partial charge in [0.1, 0.15) is 0 Å². The third kappa shape index (κ3) is 3.47. The lowest BCUT2D eigenvalue weighted by Crippen LogP contribution is -2.52. The van der Waals surface area contributed by atoms with Gasteiger partial charge >= 0.3 is 0 Å². The first-order chi connectivity index (χ1) is 8.31. The minimum atomic E-state index is 0.212. The topological polar surface area (TPSA) is 24.1 Å². The lowest BCUT2D eigenvalue weighted by atomic mass is 9.77. The molecule has 2 nitrogen and oxygen atoms in total. The molecule has 4 unspecified atom stereocenters. The van der Waals surface area contributed by atoms with Crippen molar-refractivity contribution in [2.24, 2.45) is 5.92 Å². The smallest absolute Gasteiger partial charge is 0.0660 e. The highest BCUT2D eigenvalue weighted by Gasteiger charge is 2.32. The molecule has 1 saturated heterocycles. The Labute approximate surface area is 106 Å². The molecule has 0 aromatic heterocycles. The Balaban J connectivity index is 1.93. The van der Waals surface area contributed by atoms with Crippen molar-refractivity contribution in [3.8, 4) is 12.3 Å². The summed E-state index contributed by atoms with van der Waals surface area (Å²) >= 11 is 0. The lowest BCUT2D eigenvalue weighted by molar-refractivity contribution is 0.179. The van der Waals surface area contributed by atoms with E-state index in [4.69, 9.17) is 6.42 Å². The van der Waals surface area contributed by atoms with E-state index in [-0.39, 0.29) is 6.04 Å². The summed E-state index contributed by atoms with van der Waals surface area (Å²) in [7, 11) is 0. The van der Waals surface area contributed by atoms with Crippen molar-refractivity contribution in [2.45, 2.75) is 70.0 Å². The molecule has 4 atom stereocenters. The zero-order valence-corrected chi connectivity index (χ0v) is 11.0. The fraction of sp³-hybridized carbons (Fsp3) is 0.867. The molecule has 96 valence electrons. The van der Waals surface area contributed by atoms with Crippen LogP contribution in [-0.2, 0) is 0 Å². The van der Waals surface area contributed by atoms with Crippen molar-refractivity contribution in [3.63, 3.8) is 0 Å². The molecular formula is C15H26N2. The van der Waals surface area contributed by atoms with E-state index < -0.39 is 0 Å².